The summed E-state index contributed by atoms with van der Waals surface area (Å²) in [6.45, 7) is 6.34. The summed E-state index contributed by atoms with van der Waals surface area (Å²) < 4.78 is 4.70. The second-order valence-electron chi connectivity index (χ2n) is 13.2. The summed E-state index contributed by atoms with van der Waals surface area (Å²) in [5, 5.41) is 3.67. The van der Waals surface area contributed by atoms with E-state index in [0.29, 0.717) is 11.5 Å². The number of nitrogens with zero attached hydrogens (tertiary/aromatic N) is 4. The highest BCUT2D eigenvalue weighted by atomic mass is 15.0. The van der Waals surface area contributed by atoms with Crippen LogP contribution in [0.2, 0.25) is 0 Å². The average Bonchev–Trinajstić information content (AvgIpc) is 3.80. The molecule has 0 amide bonds. The Labute approximate surface area is 309 Å². The summed E-state index contributed by atoms with van der Waals surface area (Å²) in [6.07, 6.45) is 2.19. The van der Waals surface area contributed by atoms with E-state index in [1.165, 1.54) is 27.3 Å². The molecule has 0 bridgehead atoms. The van der Waals surface area contributed by atoms with Gasteiger partial charge in [0.15, 0.2) is 5.84 Å². The van der Waals surface area contributed by atoms with Crippen LogP contribution in [-0.4, -0.2) is 20.7 Å². The van der Waals surface area contributed by atoms with Gasteiger partial charge in [-0.1, -0.05) is 146 Å². The molecule has 0 aliphatic rings. The van der Waals surface area contributed by atoms with E-state index in [2.05, 4.69) is 150 Å². The van der Waals surface area contributed by atoms with Crippen LogP contribution in [0.15, 0.2) is 205 Å². The predicted molar refractivity (Wildman–Crippen MR) is 224 cm³/mol. The van der Waals surface area contributed by atoms with Gasteiger partial charge in [-0.05, 0) is 66.1 Å². The fraction of sp³-hybridized carbons (Fsp3) is 0.0204. The first-order chi connectivity index (χ1) is 26.1. The van der Waals surface area contributed by atoms with Gasteiger partial charge in [-0.15, -0.1) is 0 Å². The van der Waals surface area contributed by atoms with Gasteiger partial charge in [0.1, 0.15) is 0 Å². The van der Waals surface area contributed by atoms with E-state index in [1.54, 1.807) is 0 Å². The third kappa shape index (κ3) is 5.86. The summed E-state index contributed by atoms with van der Waals surface area (Å²) in [5.41, 5.74) is 12.5. The van der Waals surface area contributed by atoms with Crippen LogP contribution in [-0.2, 0) is 0 Å². The molecule has 0 spiro atoms. The number of hydrogen-bond donors (Lipinski definition) is 0. The topological polar surface area (TPSA) is 34.6 Å². The van der Waals surface area contributed by atoms with Gasteiger partial charge in [-0.2, -0.15) is 0 Å². The Morgan fingerprint density at radius 3 is 1.83 bits per heavy atom. The lowest BCUT2D eigenvalue weighted by Gasteiger charge is -2.13. The molecule has 2 heterocycles. The van der Waals surface area contributed by atoms with Gasteiger partial charge >= 0.3 is 0 Å². The van der Waals surface area contributed by atoms with E-state index in [1.807, 2.05) is 60.7 Å². The molecule has 0 saturated heterocycles. The second kappa shape index (κ2) is 13.6. The molecule has 9 aromatic rings. The van der Waals surface area contributed by atoms with Gasteiger partial charge in [0.2, 0.25) is 0 Å². The van der Waals surface area contributed by atoms with Crippen LogP contribution in [0, 0.1) is 0 Å². The Bertz CT molecular complexity index is 2820. The third-order valence-electron chi connectivity index (χ3n) is 9.90. The molecule has 53 heavy (non-hydrogen) atoms. The fourth-order valence-electron chi connectivity index (χ4n) is 7.38. The molecule has 7 aromatic carbocycles. The summed E-state index contributed by atoms with van der Waals surface area (Å²) in [4.78, 5) is 10.1. The zero-order valence-corrected chi connectivity index (χ0v) is 29.4. The lowest BCUT2D eigenvalue weighted by Crippen LogP contribution is -2.05. The highest BCUT2D eigenvalue weighted by Gasteiger charge is 2.21. The molecular weight excluding hydrogens is 645 g/mol. The van der Waals surface area contributed by atoms with Crippen LogP contribution in [0.1, 0.15) is 23.6 Å². The Kier molecular flexibility index (Phi) is 8.18. The van der Waals surface area contributed by atoms with Crippen molar-refractivity contribution in [1.29, 1.82) is 0 Å². The van der Waals surface area contributed by atoms with Crippen molar-refractivity contribution in [3.8, 4) is 22.5 Å². The van der Waals surface area contributed by atoms with Crippen LogP contribution in [0.3, 0.4) is 0 Å². The lowest BCUT2D eigenvalue weighted by atomic mass is 9.96. The van der Waals surface area contributed by atoms with E-state index in [9.17, 15) is 0 Å². The van der Waals surface area contributed by atoms with E-state index in [4.69, 9.17) is 9.98 Å². The van der Waals surface area contributed by atoms with Crippen molar-refractivity contribution in [3.05, 3.63) is 211 Å². The number of aromatic nitrogens is 2. The zero-order chi connectivity index (χ0) is 35.7. The largest absolute Gasteiger partial charge is 0.316 e. The fourth-order valence-corrected chi connectivity index (χ4v) is 7.38. The standard InChI is InChI=1S/C49H36N4/c1-34(36-18-7-3-8-19-36)50-49(38-22-11-5-12-23-38)51-35(2)39-24-17-27-41(32-39)53-44-29-16-15-28-42(44)48-46(53)33-45-43(47(48)37-20-9-4-10-21-37)30-31-52(45)40-25-13-6-14-26-40/h3-33H,1H2,2H3. The second-order valence-corrected chi connectivity index (χ2v) is 13.2. The molecule has 4 heteroatoms. The van der Waals surface area contributed by atoms with Crippen LogP contribution in [0.25, 0.3) is 60.9 Å². The van der Waals surface area contributed by atoms with E-state index < -0.39 is 0 Å². The highest BCUT2D eigenvalue weighted by Crippen LogP contribution is 2.43. The smallest absolute Gasteiger partial charge is 0.160 e. The van der Waals surface area contributed by atoms with E-state index >= 15 is 0 Å². The number of hydrogen-bond acceptors (Lipinski definition) is 1. The number of amidine groups is 1. The first-order valence-electron chi connectivity index (χ1n) is 17.9. The van der Waals surface area contributed by atoms with Crippen molar-refractivity contribution >= 4 is 50.0 Å². The Morgan fingerprint density at radius 1 is 0.491 bits per heavy atom. The number of aliphatic imine (C=N–C) groups is 2. The van der Waals surface area contributed by atoms with Crippen LogP contribution >= 0.6 is 0 Å². The molecule has 0 fully saturated rings. The third-order valence-corrected chi connectivity index (χ3v) is 9.90. The molecule has 0 aliphatic heterocycles. The predicted octanol–water partition coefficient (Wildman–Crippen LogP) is 12.3. The van der Waals surface area contributed by atoms with E-state index in [-0.39, 0.29) is 0 Å². The number of rotatable bonds is 7. The van der Waals surface area contributed by atoms with Crippen LogP contribution in [0.5, 0.6) is 0 Å². The molecule has 252 valence electrons. The van der Waals surface area contributed by atoms with Crippen molar-refractivity contribution in [2.45, 2.75) is 6.92 Å². The number of benzene rings is 7. The molecule has 0 saturated carbocycles. The van der Waals surface area contributed by atoms with Crippen molar-refractivity contribution < 1.29 is 0 Å². The molecule has 0 aliphatic carbocycles. The van der Waals surface area contributed by atoms with Gasteiger partial charge in [0, 0.05) is 50.6 Å². The summed E-state index contributed by atoms with van der Waals surface area (Å²) in [6, 6.07) is 63.5. The van der Waals surface area contributed by atoms with Gasteiger partial charge in [-0.3, -0.25) is 0 Å². The molecule has 9 rings (SSSR count). The first-order valence-corrected chi connectivity index (χ1v) is 17.9. The Balaban J connectivity index is 1.25. The van der Waals surface area contributed by atoms with Crippen molar-refractivity contribution in [3.63, 3.8) is 0 Å². The van der Waals surface area contributed by atoms with Gasteiger partial charge < -0.3 is 9.13 Å². The molecule has 0 unspecified atom stereocenters. The van der Waals surface area contributed by atoms with Gasteiger partial charge in [0.25, 0.3) is 0 Å². The number of fused-ring (bicyclic) bond motifs is 4. The average molecular weight is 681 g/mol. The summed E-state index contributed by atoms with van der Waals surface area (Å²) in [7, 11) is 0. The van der Waals surface area contributed by atoms with Crippen LogP contribution in [0.4, 0.5) is 0 Å². The summed E-state index contributed by atoms with van der Waals surface area (Å²) in [5.74, 6) is 0.621. The van der Waals surface area contributed by atoms with Crippen LogP contribution < -0.4 is 0 Å². The normalized spacial score (nSPS) is 12.2. The monoisotopic (exact) mass is 680 g/mol. The minimum absolute atomic E-state index is 0.621. The maximum atomic E-state index is 5.16. The molecule has 4 nitrogen and oxygen atoms in total. The number of para-hydroxylation sites is 2. The minimum atomic E-state index is 0.621. The van der Waals surface area contributed by atoms with Gasteiger partial charge in [0.05, 0.1) is 22.2 Å². The summed E-state index contributed by atoms with van der Waals surface area (Å²) >= 11 is 0. The maximum Gasteiger partial charge on any atom is 0.160 e. The quantitative estimate of drug-likeness (QED) is 0.119. The zero-order valence-electron chi connectivity index (χ0n) is 29.4. The highest BCUT2D eigenvalue weighted by molar-refractivity contribution is 6.23. The molecule has 0 N–H and O–H groups in total. The molecule has 0 atom stereocenters. The van der Waals surface area contributed by atoms with Crippen molar-refractivity contribution in [2.75, 3.05) is 0 Å². The maximum absolute atomic E-state index is 5.16. The molecule has 2 aromatic heterocycles. The van der Waals surface area contributed by atoms with Gasteiger partial charge in [-0.25, -0.2) is 9.98 Å². The van der Waals surface area contributed by atoms with Crippen molar-refractivity contribution in [1.82, 2.24) is 9.13 Å². The Morgan fingerprint density at radius 2 is 1.09 bits per heavy atom. The first kappa shape index (κ1) is 31.9. The Hall–Kier alpha value is -7.04. The lowest BCUT2D eigenvalue weighted by molar-refractivity contribution is 1.12. The molecular formula is C49H36N4. The minimum Gasteiger partial charge on any atom is -0.316 e. The molecule has 0 radical (unpaired) electrons. The van der Waals surface area contributed by atoms with Crippen molar-refractivity contribution in [2.24, 2.45) is 9.98 Å². The SMILES string of the molecule is C=C(N=C(N=C(C)c1cccc(-n2c3ccccc3c3c(-c4ccccc4)c4ccn(-c5ccccc5)c4cc32)c1)c1ccccc1)c1ccccc1. The van der Waals surface area contributed by atoms with E-state index in [0.717, 1.165) is 50.3 Å².